The van der Waals surface area contributed by atoms with Gasteiger partial charge in [-0.1, -0.05) is 48.5 Å². The van der Waals surface area contributed by atoms with Gasteiger partial charge in [-0.2, -0.15) is 5.10 Å². The van der Waals surface area contributed by atoms with Crippen LogP contribution in [0.5, 0.6) is 0 Å². The zero-order valence-electron chi connectivity index (χ0n) is 14.8. The van der Waals surface area contributed by atoms with Crippen molar-refractivity contribution < 1.29 is 4.79 Å². The summed E-state index contributed by atoms with van der Waals surface area (Å²) in [5.74, 6) is -0.0560. The molecule has 132 valence electrons. The minimum atomic E-state index is -0.0560. The molecule has 0 radical (unpaired) electrons. The molecule has 0 saturated carbocycles. The maximum Gasteiger partial charge on any atom is 0.241 e. The highest BCUT2D eigenvalue weighted by molar-refractivity contribution is 5.86. The van der Waals surface area contributed by atoms with Crippen LogP contribution in [-0.2, 0) is 24.2 Å². The molecule has 0 aliphatic heterocycles. The number of hydrogen-bond acceptors (Lipinski definition) is 2. The summed E-state index contributed by atoms with van der Waals surface area (Å²) in [6.45, 7) is 0.697. The molecule has 4 rings (SSSR count). The minimum absolute atomic E-state index is 0.0560. The van der Waals surface area contributed by atoms with Gasteiger partial charge in [-0.3, -0.25) is 4.79 Å². The highest BCUT2D eigenvalue weighted by Crippen LogP contribution is 2.32. The van der Waals surface area contributed by atoms with E-state index in [1.807, 2.05) is 30.3 Å². The largest absolute Gasteiger partial charge is 0.344 e. The molecule has 1 N–H and O–H groups in total. The Morgan fingerprint density at radius 2 is 1.81 bits per heavy atom. The van der Waals surface area contributed by atoms with Crippen molar-refractivity contribution >= 4 is 23.0 Å². The van der Waals surface area contributed by atoms with Gasteiger partial charge in [-0.25, -0.2) is 5.43 Å². The average Bonchev–Trinajstić information content (AvgIpc) is 3.01. The number of benzene rings is 2. The van der Waals surface area contributed by atoms with Gasteiger partial charge < -0.3 is 4.57 Å². The first-order valence-corrected chi connectivity index (χ1v) is 9.29. The Bertz CT molecular complexity index is 941. The molecular weight excluding hydrogens is 322 g/mol. The van der Waals surface area contributed by atoms with Crippen molar-refractivity contribution in [2.75, 3.05) is 0 Å². The number of nitrogens with one attached hydrogen (secondary N) is 1. The second kappa shape index (κ2) is 7.56. The normalized spacial score (nSPS) is 13.8. The summed E-state index contributed by atoms with van der Waals surface area (Å²) in [6.07, 6.45) is 6.85. The molecule has 0 atom stereocenters. The van der Waals surface area contributed by atoms with Gasteiger partial charge >= 0.3 is 0 Å². The number of nitrogens with zero attached hydrogens (tertiary/aromatic N) is 2. The highest BCUT2D eigenvalue weighted by Gasteiger charge is 2.19. The van der Waals surface area contributed by atoms with Gasteiger partial charge in [0.2, 0.25) is 5.91 Å². The van der Waals surface area contributed by atoms with E-state index < -0.39 is 0 Å². The number of aromatic nitrogens is 1. The third kappa shape index (κ3) is 3.40. The van der Waals surface area contributed by atoms with E-state index in [-0.39, 0.29) is 5.91 Å². The van der Waals surface area contributed by atoms with Crippen molar-refractivity contribution in [2.24, 2.45) is 5.10 Å². The van der Waals surface area contributed by atoms with Gasteiger partial charge in [-0.05, 0) is 42.9 Å². The fraction of sp³-hybridized carbons (Fsp3) is 0.273. The zero-order valence-corrected chi connectivity index (χ0v) is 14.8. The van der Waals surface area contributed by atoms with Crippen LogP contribution in [0.4, 0.5) is 0 Å². The maximum absolute atomic E-state index is 12.2. The minimum Gasteiger partial charge on any atom is -0.344 e. The lowest BCUT2D eigenvalue weighted by atomic mass is 9.95. The summed E-state index contributed by atoms with van der Waals surface area (Å²) in [4.78, 5) is 12.2. The summed E-state index contributed by atoms with van der Waals surface area (Å²) in [7, 11) is 0. The molecule has 0 unspecified atom stereocenters. The molecule has 1 amide bonds. The van der Waals surface area contributed by atoms with E-state index >= 15 is 0 Å². The zero-order chi connectivity index (χ0) is 17.8. The quantitative estimate of drug-likeness (QED) is 0.550. The van der Waals surface area contributed by atoms with E-state index in [1.165, 1.54) is 35.0 Å². The first-order valence-electron chi connectivity index (χ1n) is 9.29. The van der Waals surface area contributed by atoms with E-state index in [9.17, 15) is 4.79 Å². The highest BCUT2D eigenvalue weighted by atomic mass is 16.2. The van der Waals surface area contributed by atoms with Crippen LogP contribution in [-0.4, -0.2) is 16.7 Å². The number of carbonyl (C=O) groups excluding carboxylic acids is 1. The number of rotatable bonds is 5. The first kappa shape index (κ1) is 16.6. The summed E-state index contributed by atoms with van der Waals surface area (Å²) < 4.78 is 2.34. The molecular formula is C22H23N3O. The molecule has 0 bridgehead atoms. The second-order valence-electron chi connectivity index (χ2n) is 6.76. The Kier molecular flexibility index (Phi) is 4.82. The van der Waals surface area contributed by atoms with Crippen LogP contribution in [0.3, 0.4) is 0 Å². The van der Waals surface area contributed by atoms with Crippen LogP contribution in [0.15, 0.2) is 59.7 Å². The molecule has 1 aromatic heterocycles. The molecule has 26 heavy (non-hydrogen) atoms. The number of amides is 1. The third-order valence-corrected chi connectivity index (χ3v) is 5.05. The molecule has 4 nitrogen and oxygen atoms in total. The van der Waals surface area contributed by atoms with Gasteiger partial charge in [-0.15, -0.1) is 0 Å². The van der Waals surface area contributed by atoms with E-state index in [4.69, 9.17) is 0 Å². The lowest BCUT2D eigenvalue weighted by Gasteiger charge is -2.15. The lowest BCUT2D eigenvalue weighted by Crippen LogP contribution is -2.20. The number of hydrazone groups is 1. The summed E-state index contributed by atoms with van der Waals surface area (Å²) in [6, 6.07) is 18.3. The molecule has 0 fully saturated rings. The van der Waals surface area contributed by atoms with E-state index in [0.717, 1.165) is 18.4 Å². The number of hydrogen-bond donors (Lipinski definition) is 1. The van der Waals surface area contributed by atoms with Crippen LogP contribution in [0.2, 0.25) is 0 Å². The van der Waals surface area contributed by atoms with Crippen molar-refractivity contribution in [1.82, 2.24) is 9.99 Å². The van der Waals surface area contributed by atoms with Gasteiger partial charge in [0.05, 0.1) is 6.21 Å². The van der Waals surface area contributed by atoms with Crippen molar-refractivity contribution in [3.8, 4) is 0 Å². The summed E-state index contributed by atoms with van der Waals surface area (Å²) in [5.41, 5.74) is 7.76. The van der Waals surface area contributed by atoms with Crippen molar-refractivity contribution in [3.05, 3.63) is 71.4 Å². The molecule has 1 aliphatic carbocycles. The van der Waals surface area contributed by atoms with Crippen molar-refractivity contribution in [3.63, 3.8) is 0 Å². The van der Waals surface area contributed by atoms with E-state index in [1.54, 1.807) is 6.21 Å². The van der Waals surface area contributed by atoms with Crippen LogP contribution in [0.25, 0.3) is 10.9 Å². The predicted octanol–water partition coefficient (Wildman–Crippen LogP) is 4.06. The SMILES string of the molecule is O=C(CCn1c2c(c3ccccc31)CCCC2)N/N=C\c1ccccc1. The molecule has 0 saturated heterocycles. The topological polar surface area (TPSA) is 46.4 Å². The Morgan fingerprint density at radius 1 is 1.04 bits per heavy atom. The standard InChI is InChI=1S/C22H23N3O/c26-22(24-23-16-17-8-2-1-3-9-17)14-15-25-20-12-6-4-10-18(20)19-11-5-7-13-21(19)25/h1-4,6,8-10,12,16H,5,7,11,13-15H2,(H,24,26)/b23-16-. The van der Waals surface area contributed by atoms with Gasteiger partial charge in [0.15, 0.2) is 0 Å². The van der Waals surface area contributed by atoms with Gasteiger partial charge in [0, 0.05) is 29.6 Å². The molecule has 4 heteroatoms. The number of carbonyl (C=O) groups is 1. The fourth-order valence-corrected chi connectivity index (χ4v) is 3.83. The first-order chi connectivity index (χ1) is 12.8. The molecule has 1 heterocycles. The van der Waals surface area contributed by atoms with Crippen LogP contribution < -0.4 is 5.43 Å². The molecule has 1 aliphatic rings. The van der Waals surface area contributed by atoms with Crippen LogP contribution >= 0.6 is 0 Å². The van der Waals surface area contributed by atoms with Crippen LogP contribution in [0.1, 0.15) is 36.1 Å². The van der Waals surface area contributed by atoms with E-state index in [2.05, 4.69) is 39.4 Å². The number of fused-ring (bicyclic) bond motifs is 3. The van der Waals surface area contributed by atoms with Gasteiger partial charge in [0.1, 0.15) is 0 Å². The predicted molar refractivity (Wildman–Crippen MR) is 105 cm³/mol. The number of para-hydroxylation sites is 1. The summed E-state index contributed by atoms with van der Waals surface area (Å²) >= 11 is 0. The Labute approximate surface area is 153 Å². The smallest absolute Gasteiger partial charge is 0.241 e. The Morgan fingerprint density at radius 3 is 2.69 bits per heavy atom. The Hall–Kier alpha value is -2.88. The second-order valence-corrected chi connectivity index (χ2v) is 6.76. The van der Waals surface area contributed by atoms with Crippen LogP contribution in [0, 0.1) is 0 Å². The van der Waals surface area contributed by atoms with Crippen molar-refractivity contribution in [1.29, 1.82) is 0 Å². The monoisotopic (exact) mass is 345 g/mol. The lowest BCUT2D eigenvalue weighted by molar-refractivity contribution is -0.121. The molecule has 3 aromatic rings. The Balaban J connectivity index is 1.45. The average molecular weight is 345 g/mol. The summed E-state index contributed by atoms with van der Waals surface area (Å²) in [5, 5.41) is 5.41. The third-order valence-electron chi connectivity index (χ3n) is 5.05. The number of aryl methyl sites for hydroxylation is 2. The fourth-order valence-electron chi connectivity index (χ4n) is 3.83. The van der Waals surface area contributed by atoms with E-state index in [0.29, 0.717) is 13.0 Å². The van der Waals surface area contributed by atoms with Gasteiger partial charge in [0.25, 0.3) is 0 Å². The molecule has 0 spiro atoms. The molecule has 2 aromatic carbocycles. The maximum atomic E-state index is 12.2. The van der Waals surface area contributed by atoms with Crippen molar-refractivity contribution in [2.45, 2.75) is 38.6 Å².